The molecule has 0 heterocycles. The van der Waals surface area contributed by atoms with Crippen LogP contribution >= 0.6 is 0 Å². The zero-order valence-corrected chi connectivity index (χ0v) is 10.1. The average molecular weight is 220 g/mol. The van der Waals surface area contributed by atoms with Crippen LogP contribution in [0.3, 0.4) is 0 Å². The summed E-state index contributed by atoms with van der Waals surface area (Å²) in [5.41, 5.74) is 1.29. The predicted octanol–water partition coefficient (Wildman–Crippen LogP) is 4.58. The van der Waals surface area contributed by atoms with Crippen molar-refractivity contribution in [1.29, 1.82) is 0 Å². The molecule has 1 fully saturated rings. The Kier molecular flexibility index (Phi) is 3.98. The first-order valence-electron chi connectivity index (χ1n) is 6.48. The summed E-state index contributed by atoms with van der Waals surface area (Å²) in [6.45, 7) is 2.36. The number of rotatable bonds is 2. The van der Waals surface area contributed by atoms with Crippen LogP contribution in [0.5, 0.6) is 0 Å². The highest BCUT2D eigenvalue weighted by atomic mass is 19.1. The van der Waals surface area contributed by atoms with Crippen LogP contribution in [-0.2, 0) is 6.42 Å². The Morgan fingerprint density at radius 2 is 1.81 bits per heavy atom. The van der Waals surface area contributed by atoms with E-state index in [2.05, 4.69) is 6.92 Å². The van der Waals surface area contributed by atoms with Gasteiger partial charge in [-0.3, -0.25) is 0 Å². The second-order valence-corrected chi connectivity index (χ2v) is 5.31. The van der Waals surface area contributed by atoms with Gasteiger partial charge < -0.3 is 0 Å². The SMILES string of the molecule is CC1CCCC(Cc2ccc(F)cc2)CC1. The molecular weight excluding hydrogens is 199 g/mol. The largest absolute Gasteiger partial charge is 0.207 e. The van der Waals surface area contributed by atoms with Gasteiger partial charge in [-0.15, -0.1) is 0 Å². The first kappa shape index (κ1) is 11.6. The van der Waals surface area contributed by atoms with E-state index in [-0.39, 0.29) is 5.82 Å². The van der Waals surface area contributed by atoms with Gasteiger partial charge in [-0.25, -0.2) is 4.39 Å². The molecule has 0 N–H and O–H groups in total. The molecule has 1 aliphatic carbocycles. The number of benzene rings is 1. The van der Waals surface area contributed by atoms with Crippen LogP contribution in [0.4, 0.5) is 4.39 Å². The van der Waals surface area contributed by atoms with Crippen LogP contribution in [0.15, 0.2) is 24.3 Å². The monoisotopic (exact) mass is 220 g/mol. The summed E-state index contributed by atoms with van der Waals surface area (Å²) >= 11 is 0. The molecule has 1 aliphatic rings. The minimum atomic E-state index is -0.127. The van der Waals surface area contributed by atoms with E-state index in [1.54, 1.807) is 12.1 Å². The lowest BCUT2D eigenvalue weighted by Crippen LogP contribution is -2.03. The lowest BCUT2D eigenvalue weighted by Gasteiger charge is -2.14. The van der Waals surface area contributed by atoms with E-state index in [1.165, 1.54) is 37.7 Å². The number of halogens is 1. The van der Waals surface area contributed by atoms with E-state index >= 15 is 0 Å². The molecule has 1 heteroatoms. The summed E-state index contributed by atoms with van der Waals surface area (Å²) in [7, 11) is 0. The van der Waals surface area contributed by atoms with Crippen LogP contribution in [0.1, 0.15) is 44.6 Å². The van der Waals surface area contributed by atoms with Crippen molar-refractivity contribution < 1.29 is 4.39 Å². The van der Waals surface area contributed by atoms with Gasteiger partial charge in [-0.2, -0.15) is 0 Å². The second kappa shape index (κ2) is 5.47. The van der Waals surface area contributed by atoms with Crippen molar-refractivity contribution in [2.24, 2.45) is 11.8 Å². The van der Waals surface area contributed by atoms with Gasteiger partial charge in [0.05, 0.1) is 0 Å². The normalized spacial score (nSPS) is 26.4. The minimum Gasteiger partial charge on any atom is -0.207 e. The first-order chi connectivity index (χ1) is 7.74. The van der Waals surface area contributed by atoms with Crippen molar-refractivity contribution >= 4 is 0 Å². The van der Waals surface area contributed by atoms with E-state index in [0.29, 0.717) is 0 Å². The zero-order valence-electron chi connectivity index (χ0n) is 10.1. The van der Waals surface area contributed by atoms with Crippen LogP contribution in [0.2, 0.25) is 0 Å². The fraction of sp³-hybridized carbons (Fsp3) is 0.600. The molecule has 0 radical (unpaired) electrons. The van der Waals surface area contributed by atoms with Crippen LogP contribution in [-0.4, -0.2) is 0 Å². The molecule has 1 saturated carbocycles. The fourth-order valence-electron chi connectivity index (χ4n) is 2.72. The van der Waals surface area contributed by atoms with Gasteiger partial charge in [0, 0.05) is 0 Å². The van der Waals surface area contributed by atoms with Crippen LogP contribution < -0.4 is 0 Å². The van der Waals surface area contributed by atoms with Gasteiger partial charge in [0.1, 0.15) is 5.82 Å². The van der Waals surface area contributed by atoms with Crippen molar-refractivity contribution in [3.8, 4) is 0 Å². The van der Waals surface area contributed by atoms with E-state index < -0.39 is 0 Å². The van der Waals surface area contributed by atoms with Crippen molar-refractivity contribution in [2.45, 2.75) is 45.4 Å². The highest BCUT2D eigenvalue weighted by Crippen LogP contribution is 2.29. The molecule has 0 saturated heterocycles. The highest BCUT2D eigenvalue weighted by Gasteiger charge is 2.16. The van der Waals surface area contributed by atoms with Crippen molar-refractivity contribution in [3.63, 3.8) is 0 Å². The Balaban J connectivity index is 1.91. The third kappa shape index (κ3) is 3.33. The molecule has 1 aromatic carbocycles. The Morgan fingerprint density at radius 1 is 1.06 bits per heavy atom. The molecule has 88 valence electrons. The van der Waals surface area contributed by atoms with Gasteiger partial charge in [-0.05, 0) is 42.4 Å². The molecule has 0 bridgehead atoms. The van der Waals surface area contributed by atoms with Gasteiger partial charge in [0.25, 0.3) is 0 Å². The second-order valence-electron chi connectivity index (χ2n) is 5.31. The first-order valence-corrected chi connectivity index (χ1v) is 6.48. The Labute approximate surface area is 97.9 Å². The van der Waals surface area contributed by atoms with Crippen molar-refractivity contribution in [1.82, 2.24) is 0 Å². The molecule has 0 aliphatic heterocycles. The maximum atomic E-state index is 12.8. The molecule has 1 aromatic rings. The predicted molar refractivity (Wildman–Crippen MR) is 65.8 cm³/mol. The molecule has 0 amide bonds. The summed E-state index contributed by atoms with van der Waals surface area (Å²) in [5, 5.41) is 0. The highest BCUT2D eigenvalue weighted by molar-refractivity contribution is 5.16. The smallest absolute Gasteiger partial charge is 0.123 e. The molecule has 2 rings (SSSR count). The quantitative estimate of drug-likeness (QED) is 0.640. The topological polar surface area (TPSA) is 0 Å². The standard InChI is InChI=1S/C15H21F/c1-12-3-2-4-13(6-5-12)11-14-7-9-15(16)10-8-14/h7-10,12-13H,2-6,11H2,1H3. The number of hydrogen-bond acceptors (Lipinski definition) is 0. The van der Waals surface area contributed by atoms with Crippen LogP contribution in [0.25, 0.3) is 0 Å². The van der Waals surface area contributed by atoms with Crippen molar-refractivity contribution in [3.05, 3.63) is 35.6 Å². The van der Waals surface area contributed by atoms with Crippen LogP contribution in [0, 0.1) is 17.7 Å². The average Bonchev–Trinajstić information content (AvgIpc) is 2.47. The Morgan fingerprint density at radius 3 is 2.56 bits per heavy atom. The lowest BCUT2D eigenvalue weighted by atomic mass is 9.92. The minimum absolute atomic E-state index is 0.127. The summed E-state index contributed by atoms with van der Waals surface area (Å²) in [6, 6.07) is 7.02. The van der Waals surface area contributed by atoms with Gasteiger partial charge in [0.2, 0.25) is 0 Å². The van der Waals surface area contributed by atoms with Gasteiger partial charge in [0.15, 0.2) is 0 Å². The summed E-state index contributed by atoms with van der Waals surface area (Å²) in [5.74, 6) is 1.59. The Bertz CT molecular complexity index is 315. The fourth-order valence-corrected chi connectivity index (χ4v) is 2.72. The summed E-state index contributed by atoms with van der Waals surface area (Å²) < 4.78 is 12.8. The molecule has 0 aromatic heterocycles. The third-order valence-corrected chi connectivity index (χ3v) is 3.81. The van der Waals surface area contributed by atoms with E-state index in [0.717, 1.165) is 18.3 Å². The van der Waals surface area contributed by atoms with E-state index in [9.17, 15) is 4.39 Å². The number of hydrogen-bond donors (Lipinski definition) is 0. The third-order valence-electron chi connectivity index (χ3n) is 3.81. The molecule has 0 nitrogen and oxygen atoms in total. The lowest BCUT2D eigenvalue weighted by molar-refractivity contribution is 0.443. The summed E-state index contributed by atoms with van der Waals surface area (Å²) in [4.78, 5) is 0. The van der Waals surface area contributed by atoms with Gasteiger partial charge >= 0.3 is 0 Å². The molecular formula is C15H21F. The van der Waals surface area contributed by atoms with E-state index in [4.69, 9.17) is 0 Å². The Hall–Kier alpha value is -0.850. The van der Waals surface area contributed by atoms with Gasteiger partial charge in [-0.1, -0.05) is 44.7 Å². The molecule has 2 unspecified atom stereocenters. The molecule has 2 atom stereocenters. The molecule has 0 spiro atoms. The maximum absolute atomic E-state index is 12.8. The maximum Gasteiger partial charge on any atom is 0.123 e. The molecule has 16 heavy (non-hydrogen) atoms. The summed E-state index contributed by atoms with van der Waals surface area (Å²) in [6.07, 6.45) is 7.95. The zero-order chi connectivity index (χ0) is 11.4. The van der Waals surface area contributed by atoms with E-state index in [1.807, 2.05) is 12.1 Å². The van der Waals surface area contributed by atoms with Crippen molar-refractivity contribution in [2.75, 3.05) is 0 Å².